The van der Waals surface area contributed by atoms with Gasteiger partial charge >= 0.3 is 0 Å². The molecule has 1 N–H and O–H groups in total. The molecule has 0 bridgehead atoms. The number of nitrogens with zero attached hydrogens (tertiary/aromatic N) is 1. The van der Waals surface area contributed by atoms with E-state index in [2.05, 4.69) is 31.0 Å². The summed E-state index contributed by atoms with van der Waals surface area (Å²) in [4.78, 5) is 2.49. The minimum atomic E-state index is 0.786. The first-order valence-electron chi connectivity index (χ1n) is 6.73. The molecule has 0 aromatic heterocycles. The highest BCUT2D eigenvalue weighted by Crippen LogP contribution is 2.23. The van der Waals surface area contributed by atoms with Crippen LogP contribution >= 0.6 is 0 Å². The molecule has 15 heavy (non-hydrogen) atoms. The van der Waals surface area contributed by atoms with Gasteiger partial charge in [0.25, 0.3) is 0 Å². The molecule has 2 nitrogen and oxygen atoms in total. The molecule has 0 aliphatic heterocycles. The lowest BCUT2D eigenvalue weighted by Gasteiger charge is -2.30. The summed E-state index contributed by atoms with van der Waals surface area (Å²) < 4.78 is 0. The van der Waals surface area contributed by atoms with Crippen molar-refractivity contribution in [3.8, 4) is 0 Å². The molecule has 0 aromatic rings. The van der Waals surface area contributed by atoms with E-state index in [9.17, 15) is 0 Å². The summed E-state index contributed by atoms with van der Waals surface area (Å²) in [7, 11) is 0. The van der Waals surface area contributed by atoms with Crippen LogP contribution in [0.25, 0.3) is 0 Å². The minimum Gasteiger partial charge on any atom is -0.312 e. The molecule has 1 rings (SSSR count). The molecule has 0 radical (unpaired) electrons. The maximum atomic E-state index is 3.73. The zero-order valence-corrected chi connectivity index (χ0v) is 10.8. The van der Waals surface area contributed by atoms with Crippen molar-refractivity contribution >= 4 is 0 Å². The average Bonchev–Trinajstić information content (AvgIpc) is 2.27. The maximum absolute atomic E-state index is 3.73. The maximum Gasteiger partial charge on any atom is 0.0107 e. The number of likely N-dealkylation sites (N-methyl/N-ethyl adjacent to an activating group) is 1. The monoisotopic (exact) mass is 212 g/mol. The van der Waals surface area contributed by atoms with Gasteiger partial charge in [-0.25, -0.2) is 0 Å². The Morgan fingerprint density at radius 1 is 1.13 bits per heavy atom. The van der Waals surface area contributed by atoms with E-state index >= 15 is 0 Å². The van der Waals surface area contributed by atoms with Crippen molar-refractivity contribution in [2.24, 2.45) is 5.92 Å². The molecular formula is C13H28N2. The standard InChI is InChI=1S/C13H28N2/c1-4-15(5-2)11-10-14-13-9-7-6-8-12(13)3/h12-14H,4-11H2,1-3H3/t12-,13-/m0/s1. The van der Waals surface area contributed by atoms with Crippen LogP contribution in [0.1, 0.15) is 46.5 Å². The third kappa shape index (κ3) is 4.52. The first kappa shape index (κ1) is 13.0. The van der Waals surface area contributed by atoms with Gasteiger partial charge in [0.2, 0.25) is 0 Å². The van der Waals surface area contributed by atoms with E-state index in [-0.39, 0.29) is 0 Å². The molecular weight excluding hydrogens is 184 g/mol. The Morgan fingerprint density at radius 2 is 1.80 bits per heavy atom. The molecule has 1 fully saturated rings. The summed E-state index contributed by atoms with van der Waals surface area (Å²) in [5, 5.41) is 3.73. The van der Waals surface area contributed by atoms with Gasteiger partial charge in [-0.2, -0.15) is 0 Å². The Bertz CT molecular complexity index is 155. The lowest BCUT2D eigenvalue weighted by atomic mass is 9.86. The van der Waals surface area contributed by atoms with E-state index in [0.29, 0.717) is 0 Å². The lowest BCUT2D eigenvalue weighted by molar-refractivity contribution is 0.252. The van der Waals surface area contributed by atoms with Gasteiger partial charge in [-0.05, 0) is 31.8 Å². The number of nitrogens with one attached hydrogen (secondary N) is 1. The summed E-state index contributed by atoms with van der Waals surface area (Å²) in [6.07, 6.45) is 5.67. The van der Waals surface area contributed by atoms with Gasteiger partial charge in [-0.1, -0.05) is 33.6 Å². The highest BCUT2D eigenvalue weighted by atomic mass is 15.1. The molecule has 90 valence electrons. The molecule has 0 saturated heterocycles. The van der Waals surface area contributed by atoms with Crippen molar-refractivity contribution in [3.63, 3.8) is 0 Å². The van der Waals surface area contributed by atoms with E-state index in [1.165, 1.54) is 45.3 Å². The van der Waals surface area contributed by atoms with Crippen molar-refractivity contribution in [3.05, 3.63) is 0 Å². The van der Waals surface area contributed by atoms with Crippen LogP contribution in [0.5, 0.6) is 0 Å². The molecule has 1 saturated carbocycles. The Morgan fingerprint density at radius 3 is 2.40 bits per heavy atom. The van der Waals surface area contributed by atoms with E-state index < -0.39 is 0 Å². The second kappa shape index (κ2) is 7.24. The van der Waals surface area contributed by atoms with E-state index in [1.807, 2.05) is 0 Å². The van der Waals surface area contributed by atoms with E-state index in [4.69, 9.17) is 0 Å². The fourth-order valence-electron chi connectivity index (χ4n) is 2.57. The minimum absolute atomic E-state index is 0.786. The van der Waals surface area contributed by atoms with Crippen LogP contribution in [0.2, 0.25) is 0 Å². The molecule has 1 aliphatic rings. The van der Waals surface area contributed by atoms with Crippen LogP contribution in [-0.2, 0) is 0 Å². The second-order valence-electron chi connectivity index (χ2n) is 4.85. The quantitative estimate of drug-likeness (QED) is 0.728. The Balaban J connectivity index is 2.12. The fraction of sp³-hybridized carbons (Fsp3) is 1.00. The normalized spacial score (nSPS) is 27.2. The third-order valence-electron chi connectivity index (χ3n) is 3.84. The van der Waals surface area contributed by atoms with Gasteiger partial charge in [0, 0.05) is 19.1 Å². The summed E-state index contributed by atoms with van der Waals surface area (Å²) >= 11 is 0. The summed E-state index contributed by atoms with van der Waals surface area (Å²) in [5.74, 6) is 0.885. The molecule has 0 unspecified atom stereocenters. The predicted octanol–water partition coefficient (Wildman–Crippen LogP) is 2.50. The highest BCUT2D eigenvalue weighted by Gasteiger charge is 2.20. The van der Waals surface area contributed by atoms with Gasteiger partial charge in [0.1, 0.15) is 0 Å². The zero-order valence-electron chi connectivity index (χ0n) is 10.8. The molecule has 0 heterocycles. The van der Waals surface area contributed by atoms with Crippen molar-refractivity contribution in [1.82, 2.24) is 10.2 Å². The SMILES string of the molecule is CCN(CC)CCN[C@H]1CCCC[C@@H]1C. The smallest absolute Gasteiger partial charge is 0.0107 e. The van der Waals surface area contributed by atoms with Crippen molar-refractivity contribution < 1.29 is 0 Å². The Labute approximate surface area is 95.4 Å². The van der Waals surface area contributed by atoms with Crippen molar-refractivity contribution in [2.75, 3.05) is 26.2 Å². The highest BCUT2D eigenvalue weighted by molar-refractivity contribution is 4.78. The molecule has 1 aliphatic carbocycles. The van der Waals surface area contributed by atoms with Gasteiger partial charge in [0.05, 0.1) is 0 Å². The first-order chi connectivity index (χ1) is 7.27. The predicted molar refractivity (Wildman–Crippen MR) is 67.2 cm³/mol. The lowest BCUT2D eigenvalue weighted by Crippen LogP contribution is -2.41. The third-order valence-corrected chi connectivity index (χ3v) is 3.84. The molecule has 0 aromatic carbocycles. The van der Waals surface area contributed by atoms with Crippen LogP contribution in [0.4, 0.5) is 0 Å². The molecule has 0 amide bonds. The zero-order chi connectivity index (χ0) is 11.1. The Kier molecular flexibility index (Phi) is 6.26. The summed E-state index contributed by atoms with van der Waals surface area (Å²) in [5.41, 5.74) is 0. The largest absolute Gasteiger partial charge is 0.312 e. The van der Waals surface area contributed by atoms with E-state index in [1.54, 1.807) is 0 Å². The van der Waals surface area contributed by atoms with Gasteiger partial charge in [-0.15, -0.1) is 0 Å². The van der Waals surface area contributed by atoms with Crippen LogP contribution in [0, 0.1) is 5.92 Å². The number of rotatable bonds is 6. The van der Waals surface area contributed by atoms with Gasteiger partial charge < -0.3 is 10.2 Å². The molecule has 2 atom stereocenters. The van der Waals surface area contributed by atoms with Crippen molar-refractivity contribution in [2.45, 2.75) is 52.5 Å². The average molecular weight is 212 g/mol. The van der Waals surface area contributed by atoms with Gasteiger partial charge in [-0.3, -0.25) is 0 Å². The van der Waals surface area contributed by atoms with Crippen LogP contribution in [-0.4, -0.2) is 37.1 Å². The first-order valence-corrected chi connectivity index (χ1v) is 6.73. The van der Waals surface area contributed by atoms with Crippen molar-refractivity contribution in [1.29, 1.82) is 0 Å². The summed E-state index contributed by atoms with van der Waals surface area (Å²) in [6, 6.07) is 0.786. The van der Waals surface area contributed by atoms with Crippen LogP contribution in [0.3, 0.4) is 0 Å². The van der Waals surface area contributed by atoms with E-state index in [0.717, 1.165) is 18.5 Å². The molecule has 0 spiro atoms. The molecule has 2 heteroatoms. The van der Waals surface area contributed by atoms with Crippen LogP contribution < -0.4 is 5.32 Å². The van der Waals surface area contributed by atoms with Gasteiger partial charge in [0.15, 0.2) is 0 Å². The number of hydrogen-bond donors (Lipinski definition) is 1. The summed E-state index contributed by atoms with van der Waals surface area (Å²) in [6.45, 7) is 11.6. The fourth-order valence-corrected chi connectivity index (χ4v) is 2.57. The topological polar surface area (TPSA) is 15.3 Å². The second-order valence-corrected chi connectivity index (χ2v) is 4.85. The number of hydrogen-bond acceptors (Lipinski definition) is 2. The van der Waals surface area contributed by atoms with Crippen LogP contribution in [0.15, 0.2) is 0 Å². The Hall–Kier alpha value is -0.0800.